The fraction of sp³-hybridized carbons (Fsp3) is 0. The second-order valence-corrected chi connectivity index (χ2v) is 3.68. The van der Waals surface area contributed by atoms with Gasteiger partial charge >= 0.3 is 0 Å². The molecule has 0 aliphatic rings. The lowest BCUT2D eigenvalue weighted by Gasteiger charge is -2.02. The van der Waals surface area contributed by atoms with Gasteiger partial charge in [-0.3, -0.25) is 4.79 Å². The Morgan fingerprint density at radius 1 is 1.12 bits per heavy atom. The monoisotopic (exact) mass is 233 g/mol. The Morgan fingerprint density at radius 3 is 2.44 bits per heavy atom. The number of carbonyl (C=O) groups is 1. The van der Waals surface area contributed by atoms with Crippen LogP contribution in [0.15, 0.2) is 48.7 Å². The van der Waals surface area contributed by atoms with Gasteiger partial charge in [0, 0.05) is 22.7 Å². The number of benzene rings is 1. The predicted octanol–water partition coefficient (Wildman–Crippen LogP) is 2.20. The van der Waals surface area contributed by atoms with Crippen molar-refractivity contribution in [2.24, 2.45) is 0 Å². The molecule has 0 unspecified atom stereocenters. The number of rotatable bonds is 2. The highest BCUT2D eigenvalue weighted by Gasteiger charge is 2.16. The molecule has 0 fully saturated rings. The maximum atomic E-state index is 11.9. The Hall–Kier alpha value is -1.87. The fourth-order valence-electron chi connectivity index (χ4n) is 1.35. The van der Waals surface area contributed by atoms with Gasteiger partial charge in [0.15, 0.2) is 6.20 Å². The summed E-state index contributed by atoms with van der Waals surface area (Å²) in [7, 11) is 0. The highest BCUT2D eigenvalue weighted by Crippen LogP contribution is 2.12. The quantitative estimate of drug-likeness (QED) is 0.454. The van der Waals surface area contributed by atoms with Crippen LogP contribution in [0.4, 0.5) is 0 Å². The molecule has 0 bridgehead atoms. The summed E-state index contributed by atoms with van der Waals surface area (Å²) in [6.45, 7) is 0. The summed E-state index contributed by atoms with van der Waals surface area (Å²) in [5, 5.41) is 11.9. The van der Waals surface area contributed by atoms with Crippen LogP contribution in [-0.2, 0) is 0 Å². The Labute approximate surface area is 97.5 Å². The van der Waals surface area contributed by atoms with E-state index in [2.05, 4.69) is 0 Å². The first kappa shape index (κ1) is 10.6. The highest BCUT2D eigenvalue weighted by molar-refractivity contribution is 6.30. The lowest BCUT2D eigenvalue weighted by Crippen LogP contribution is -2.33. The fourth-order valence-corrected chi connectivity index (χ4v) is 1.48. The van der Waals surface area contributed by atoms with Crippen LogP contribution in [0.1, 0.15) is 16.1 Å². The molecule has 1 aromatic heterocycles. The minimum absolute atomic E-state index is 0.102. The zero-order valence-corrected chi connectivity index (χ0v) is 9.02. The van der Waals surface area contributed by atoms with Gasteiger partial charge in [-0.25, -0.2) is 0 Å². The van der Waals surface area contributed by atoms with Gasteiger partial charge in [0.2, 0.25) is 0 Å². The van der Waals surface area contributed by atoms with Gasteiger partial charge in [-0.05, 0) is 30.3 Å². The molecule has 0 aliphatic carbocycles. The van der Waals surface area contributed by atoms with E-state index in [0.29, 0.717) is 15.3 Å². The standard InChI is InChI=1S/C12H8ClNO2/c13-10-6-4-9(5-7-10)12(15)11-3-1-2-8-14(11)16/h1-8H. The van der Waals surface area contributed by atoms with Crippen LogP contribution >= 0.6 is 11.6 Å². The smallest absolute Gasteiger partial charge is 0.264 e. The van der Waals surface area contributed by atoms with E-state index in [1.165, 1.54) is 12.3 Å². The molecule has 0 N–H and O–H groups in total. The van der Waals surface area contributed by atoms with Crippen LogP contribution in [0.3, 0.4) is 0 Å². The Bertz CT molecular complexity index is 523. The normalized spacial score (nSPS) is 10.1. The van der Waals surface area contributed by atoms with E-state index >= 15 is 0 Å². The summed E-state index contributed by atoms with van der Waals surface area (Å²) >= 11 is 5.72. The number of pyridine rings is 1. The molecule has 0 atom stereocenters. The van der Waals surface area contributed by atoms with Crippen LogP contribution in [0.2, 0.25) is 5.02 Å². The van der Waals surface area contributed by atoms with E-state index in [1.54, 1.807) is 36.4 Å². The van der Waals surface area contributed by atoms with Crippen molar-refractivity contribution in [3.05, 3.63) is 70.1 Å². The molecule has 0 spiro atoms. The lowest BCUT2D eigenvalue weighted by molar-refractivity contribution is -0.607. The van der Waals surface area contributed by atoms with E-state index in [4.69, 9.17) is 11.6 Å². The van der Waals surface area contributed by atoms with Gasteiger partial charge in [-0.1, -0.05) is 11.6 Å². The van der Waals surface area contributed by atoms with Crippen molar-refractivity contribution < 1.29 is 9.52 Å². The first-order valence-corrected chi connectivity index (χ1v) is 5.05. The largest absolute Gasteiger partial charge is 0.618 e. The van der Waals surface area contributed by atoms with Crippen molar-refractivity contribution in [1.82, 2.24) is 0 Å². The topological polar surface area (TPSA) is 44.0 Å². The Balaban J connectivity index is 2.40. The van der Waals surface area contributed by atoms with Gasteiger partial charge in [0.25, 0.3) is 11.5 Å². The molecule has 0 radical (unpaired) electrons. The van der Waals surface area contributed by atoms with Crippen molar-refractivity contribution in [3.63, 3.8) is 0 Å². The van der Waals surface area contributed by atoms with Gasteiger partial charge in [-0.2, -0.15) is 4.73 Å². The molecular formula is C12H8ClNO2. The van der Waals surface area contributed by atoms with Gasteiger partial charge < -0.3 is 5.21 Å². The minimum Gasteiger partial charge on any atom is -0.618 e. The molecule has 4 heteroatoms. The Kier molecular flexibility index (Phi) is 2.88. The van der Waals surface area contributed by atoms with Crippen LogP contribution in [0.25, 0.3) is 0 Å². The zero-order chi connectivity index (χ0) is 11.5. The molecule has 1 aromatic carbocycles. The van der Waals surface area contributed by atoms with Crippen molar-refractivity contribution >= 4 is 17.4 Å². The third-order valence-corrected chi connectivity index (χ3v) is 2.42. The summed E-state index contributed by atoms with van der Waals surface area (Å²) < 4.78 is 0.553. The summed E-state index contributed by atoms with van der Waals surface area (Å²) in [6.07, 6.45) is 1.29. The average Bonchev–Trinajstić information content (AvgIpc) is 2.30. The van der Waals surface area contributed by atoms with Crippen LogP contribution in [-0.4, -0.2) is 5.78 Å². The van der Waals surface area contributed by atoms with Gasteiger partial charge in [0.05, 0.1) is 0 Å². The molecule has 80 valence electrons. The molecule has 0 aliphatic heterocycles. The number of hydrogen-bond acceptors (Lipinski definition) is 2. The molecule has 16 heavy (non-hydrogen) atoms. The number of aromatic nitrogens is 1. The van der Waals surface area contributed by atoms with Crippen molar-refractivity contribution in [2.45, 2.75) is 0 Å². The number of carbonyl (C=O) groups excluding carboxylic acids is 1. The highest BCUT2D eigenvalue weighted by atomic mass is 35.5. The van der Waals surface area contributed by atoms with Crippen LogP contribution in [0.5, 0.6) is 0 Å². The second-order valence-electron chi connectivity index (χ2n) is 3.25. The number of hydrogen-bond donors (Lipinski definition) is 0. The molecule has 0 saturated carbocycles. The third-order valence-electron chi connectivity index (χ3n) is 2.16. The molecule has 0 saturated heterocycles. The number of halogens is 1. The minimum atomic E-state index is -0.313. The predicted molar refractivity (Wildman–Crippen MR) is 60.3 cm³/mol. The summed E-state index contributed by atoms with van der Waals surface area (Å²) in [4.78, 5) is 11.9. The van der Waals surface area contributed by atoms with E-state index in [0.717, 1.165) is 0 Å². The van der Waals surface area contributed by atoms with Crippen LogP contribution in [0, 0.1) is 5.21 Å². The van der Waals surface area contributed by atoms with Crippen LogP contribution < -0.4 is 4.73 Å². The number of ketones is 1. The summed E-state index contributed by atoms with van der Waals surface area (Å²) in [5.74, 6) is -0.313. The molecule has 3 nitrogen and oxygen atoms in total. The molecule has 1 heterocycles. The van der Waals surface area contributed by atoms with Crippen molar-refractivity contribution in [1.29, 1.82) is 0 Å². The van der Waals surface area contributed by atoms with E-state index in [-0.39, 0.29) is 11.5 Å². The molecule has 0 amide bonds. The van der Waals surface area contributed by atoms with E-state index in [1.807, 2.05) is 0 Å². The van der Waals surface area contributed by atoms with Crippen molar-refractivity contribution in [2.75, 3.05) is 0 Å². The SMILES string of the molecule is O=C(c1ccc(Cl)cc1)c1cccc[n+]1[O-]. The maximum absolute atomic E-state index is 11.9. The molecule has 2 rings (SSSR count). The van der Waals surface area contributed by atoms with Gasteiger partial charge in [0.1, 0.15) is 0 Å². The van der Waals surface area contributed by atoms with E-state index in [9.17, 15) is 10.0 Å². The first-order valence-electron chi connectivity index (χ1n) is 4.67. The lowest BCUT2D eigenvalue weighted by atomic mass is 10.1. The number of nitrogens with zero attached hydrogens (tertiary/aromatic N) is 1. The Morgan fingerprint density at radius 2 is 1.81 bits per heavy atom. The summed E-state index contributed by atoms with van der Waals surface area (Å²) in [6, 6.07) is 11.1. The molecular weight excluding hydrogens is 226 g/mol. The zero-order valence-electron chi connectivity index (χ0n) is 8.26. The second kappa shape index (κ2) is 4.33. The van der Waals surface area contributed by atoms with Gasteiger partial charge in [-0.15, -0.1) is 0 Å². The maximum Gasteiger partial charge on any atom is 0.264 e. The van der Waals surface area contributed by atoms with E-state index < -0.39 is 0 Å². The first-order chi connectivity index (χ1) is 7.68. The summed E-state index contributed by atoms with van der Waals surface area (Å²) in [5.41, 5.74) is 0.546. The molecule has 2 aromatic rings. The average molecular weight is 234 g/mol. The van der Waals surface area contributed by atoms with Crippen molar-refractivity contribution in [3.8, 4) is 0 Å². The third kappa shape index (κ3) is 2.04.